The van der Waals surface area contributed by atoms with Gasteiger partial charge in [-0.05, 0) is 32.4 Å². The van der Waals surface area contributed by atoms with Crippen LogP contribution in [0.3, 0.4) is 0 Å². The van der Waals surface area contributed by atoms with E-state index in [1.807, 2.05) is 11.8 Å². The monoisotopic (exact) mass is 299 g/mol. The summed E-state index contributed by atoms with van der Waals surface area (Å²) in [5.41, 5.74) is 0.360. The van der Waals surface area contributed by atoms with Crippen LogP contribution in [-0.2, 0) is 0 Å². The summed E-state index contributed by atoms with van der Waals surface area (Å²) >= 11 is 7.89. The second-order valence-corrected chi connectivity index (χ2v) is 6.30. The van der Waals surface area contributed by atoms with Gasteiger partial charge < -0.3 is 5.32 Å². The molecule has 2 rings (SSSR count). The van der Waals surface area contributed by atoms with Crippen LogP contribution in [0.25, 0.3) is 0 Å². The standard InChI is InChI=1S/C13H18ClN3OS/c1-8-15-12(14)11(7-18)13(16-8)17-9-4-3-5-10(6-9)19-2/h7,9-10H,3-6H2,1-2H3,(H,15,16,17). The van der Waals surface area contributed by atoms with Crippen molar-refractivity contribution in [2.24, 2.45) is 0 Å². The van der Waals surface area contributed by atoms with Gasteiger partial charge in [0.25, 0.3) is 0 Å². The quantitative estimate of drug-likeness (QED) is 0.682. The molecule has 0 spiro atoms. The average molecular weight is 300 g/mol. The van der Waals surface area contributed by atoms with Crippen molar-refractivity contribution < 1.29 is 4.79 Å². The molecule has 2 atom stereocenters. The first-order valence-electron chi connectivity index (χ1n) is 6.42. The highest BCUT2D eigenvalue weighted by Crippen LogP contribution is 2.29. The zero-order chi connectivity index (χ0) is 13.8. The number of hydrogen-bond acceptors (Lipinski definition) is 5. The van der Waals surface area contributed by atoms with E-state index in [0.717, 1.165) is 19.1 Å². The molecule has 104 valence electrons. The molecule has 0 saturated heterocycles. The maximum absolute atomic E-state index is 11.1. The number of thioether (sulfide) groups is 1. The molecule has 19 heavy (non-hydrogen) atoms. The van der Waals surface area contributed by atoms with Gasteiger partial charge in [-0.2, -0.15) is 11.8 Å². The lowest BCUT2D eigenvalue weighted by molar-refractivity contribution is 0.112. The van der Waals surface area contributed by atoms with Gasteiger partial charge >= 0.3 is 0 Å². The van der Waals surface area contributed by atoms with E-state index in [-0.39, 0.29) is 5.15 Å². The molecule has 1 aliphatic rings. The Bertz CT molecular complexity index is 469. The van der Waals surface area contributed by atoms with E-state index in [2.05, 4.69) is 21.5 Å². The number of rotatable bonds is 4. The molecule has 1 fully saturated rings. The van der Waals surface area contributed by atoms with Crippen LogP contribution in [-0.4, -0.2) is 33.8 Å². The highest BCUT2D eigenvalue weighted by Gasteiger charge is 2.23. The van der Waals surface area contributed by atoms with Gasteiger partial charge in [0.15, 0.2) is 6.29 Å². The van der Waals surface area contributed by atoms with Crippen LogP contribution >= 0.6 is 23.4 Å². The van der Waals surface area contributed by atoms with E-state index in [0.29, 0.717) is 28.5 Å². The molecule has 0 amide bonds. The van der Waals surface area contributed by atoms with E-state index >= 15 is 0 Å². The zero-order valence-electron chi connectivity index (χ0n) is 11.1. The molecule has 2 unspecified atom stereocenters. The minimum Gasteiger partial charge on any atom is -0.367 e. The lowest BCUT2D eigenvalue weighted by atomic mass is 9.95. The zero-order valence-corrected chi connectivity index (χ0v) is 12.7. The molecule has 1 aliphatic carbocycles. The maximum Gasteiger partial charge on any atom is 0.156 e. The minimum absolute atomic E-state index is 0.224. The second-order valence-electron chi connectivity index (χ2n) is 4.81. The Kier molecular flexibility index (Phi) is 5.05. The molecule has 6 heteroatoms. The van der Waals surface area contributed by atoms with E-state index in [9.17, 15) is 4.79 Å². The second kappa shape index (κ2) is 6.57. The van der Waals surface area contributed by atoms with E-state index < -0.39 is 0 Å². The molecule has 1 heterocycles. The summed E-state index contributed by atoms with van der Waals surface area (Å²) in [6.07, 6.45) is 7.55. The fraction of sp³-hybridized carbons (Fsp3) is 0.615. The van der Waals surface area contributed by atoms with E-state index in [4.69, 9.17) is 11.6 Å². The highest BCUT2D eigenvalue weighted by atomic mass is 35.5. The first kappa shape index (κ1) is 14.6. The fourth-order valence-electron chi connectivity index (χ4n) is 2.44. The largest absolute Gasteiger partial charge is 0.367 e. The fourth-order valence-corrected chi connectivity index (χ4v) is 3.53. The van der Waals surface area contributed by atoms with Gasteiger partial charge in [0.1, 0.15) is 16.8 Å². The molecular weight excluding hydrogens is 282 g/mol. The topological polar surface area (TPSA) is 54.9 Å². The van der Waals surface area contributed by atoms with Crippen molar-refractivity contribution in [2.45, 2.75) is 43.9 Å². The molecule has 0 bridgehead atoms. The summed E-state index contributed by atoms with van der Waals surface area (Å²) in [5.74, 6) is 1.15. The summed E-state index contributed by atoms with van der Waals surface area (Å²) in [7, 11) is 0. The number of aromatic nitrogens is 2. The van der Waals surface area contributed by atoms with Gasteiger partial charge in [-0.25, -0.2) is 9.97 Å². The number of aldehydes is 1. The number of hydrogen-bond donors (Lipinski definition) is 1. The van der Waals surface area contributed by atoms with Crippen molar-refractivity contribution >= 4 is 35.5 Å². The van der Waals surface area contributed by atoms with Crippen molar-refractivity contribution in [3.63, 3.8) is 0 Å². The Labute approximate surface area is 122 Å². The minimum atomic E-state index is 0.224. The normalized spacial score (nSPS) is 23.1. The van der Waals surface area contributed by atoms with Gasteiger partial charge in [-0.3, -0.25) is 4.79 Å². The Hall–Kier alpha value is -0.810. The van der Waals surface area contributed by atoms with Crippen LogP contribution < -0.4 is 5.32 Å². The van der Waals surface area contributed by atoms with Gasteiger partial charge in [-0.15, -0.1) is 0 Å². The van der Waals surface area contributed by atoms with Gasteiger partial charge in [0, 0.05) is 11.3 Å². The first-order valence-corrected chi connectivity index (χ1v) is 8.09. The average Bonchev–Trinajstić information content (AvgIpc) is 2.38. The van der Waals surface area contributed by atoms with Crippen LogP contribution in [0.1, 0.15) is 41.9 Å². The Morgan fingerprint density at radius 1 is 1.42 bits per heavy atom. The predicted octanol–water partition coefficient (Wildman–Crippen LogP) is 3.34. The van der Waals surface area contributed by atoms with Gasteiger partial charge in [0.2, 0.25) is 0 Å². The van der Waals surface area contributed by atoms with Crippen molar-refractivity contribution in [2.75, 3.05) is 11.6 Å². The lowest BCUT2D eigenvalue weighted by Gasteiger charge is -2.29. The Balaban J connectivity index is 2.16. The van der Waals surface area contributed by atoms with Gasteiger partial charge in [0.05, 0.1) is 5.56 Å². The maximum atomic E-state index is 11.1. The molecule has 1 N–H and O–H groups in total. The molecular formula is C13H18ClN3OS. The Morgan fingerprint density at radius 3 is 2.89 bits per heavy atom. The summed E-state index contributed by atoms with van der Waals surface area (Å²) in [6.45, 7) is 1.78. The van der Waals surface area contributed by atoms with Crippen LogP contribution in [0, 0.1) is 6.92 Å². The van der Waals surface area contributed by atoms with Crippen LogP contribution in [0.5, 0.6) is 0 Å². The number of anilines is 1. The number of nitrogens with one attached hydrogen (secondary N) is 1. The molecule has 0 aromatic carbocycles. The number of carbonyl (C=O) groups excluding carboxylic acids is 1. The smallest absolute Gasteiger partial charge is 0.156 e. The number of carbonyl (C=O) groups is 1. The third-order valence-corrected chi connectivity index (χ3v) is 4.81. The summed E-state index contributed by atoms with van der Waals surface area (Å²) in [4.78, 5) is 19.4. The number of nitrogens with zero attached hydrogens (tertiary/aromatic N) is 2. The number of aryl methyl sites for hydroxylation is 1. The lowest BCUT2D eigenvalue weighted by Crippen LogP contribution is -2.29. The summed E-state index contributed by atoms with van der Waals surface area (Å²) in [6, 6.07) is 0.357. The van der Waals surface area contributed by atoms with Crippen molar-refractivity contribution in [1.82, 2.24) is 9.97 Å². The van der Waals surface area contributed by atoms with Gasteiger partial charge in [-0.1, -0.05) is 18.0 Å². The van der Waals surface area contributed by atoms with Crippen LogP contribution in [0.4, 0.5) is 5.82 Å². The van der Waals surface area contributed by atoms with E-state index in [1.165, 1.54) is 12.8 Å². The van der Waals surface area contributed by atoms with Crippen molar-refractivity contribution in [3.8, 4) is 0 Å². The summed E-state index contributed by atoms with van der Waals surface area (Å²) in [5, 5.41) is 4.28. The predicted molar refractivity (Wildman–Crippen MR) is 80.3 cm³/mol. The Morgan fingerprint density at radius 2 is 2.21 bits per heavy atom. The first-order chi connectivity index (χ1) is 9.13. The van der Waals surface area contributed by atoms with Crippen LogP contribution in [0.2, 0.25) is 5.15 Å². The molecule has 1 saturated carbocycles. The SMILES string of the molecule is CSC1CCCC(Nc2nc(C)nc(Cl)c2C=O)C1. The number of halogens is 1. The van der Waals surface area contributed by atoms with E-state index in [1.54, 1.807) is 6.92 Å². The molecule has 0 aliphatic heterocycles. The van der Waals surface area contributed by atoms with Crippen LogP contribution in [0.15, 0.2) is 0 Å². The third kappa shape index (κ3) is 3.60. The third-order valence-electron chi connectivity index (χ3n) is 3.43. The molecule has 4 nitrogen and oxygen atoms in total. The highest BCUT2D eigenvalue weighted by molar-refractivity contribution is 7.99. The molecule has 0 radical (unpaired) electrons. The van der Waals surface area contributed by atoms with Crippen molar-refractivity contribution in [3.05, 3.63) is 16.5 Å². The molecule has 1 aromatic rings. The van der Waals surface area contributed by atoms with Crippen molar-refractivity contribution in [1.29, 1.82) is 0 Å². The summed E-state index contributed by atoms with van der Waals surface area (Å²) < 4.78 is 0. The molecule has 1 aromatic heterocycles.